The molecule has 0 saturated carbocycles. The van der Waals surface area contributed by atoms with Gasteiger partial charge in [-0.15, -0.1) is 0 Å². The van der Waals surface area contributed by atoms with E-state index in [-0.39, 0.29) is 0 Å². The highest BCUT2D eigenvalue weighted by Gasteiger charge is 2.12. The van der Waals surface area contributed by atoms with Crippen molar-refractivity contribution in [2.45, 2.75) is 40.0 Å². The van der Waals surface area contributed by atoms with Gasteiger partial charge in [-0.2, -0.15) is 0 Å². The van der Waals surface area contributed by atoms with Crippen molar-refractivity contribution in [1.82, 2.24) is 15.6 Å². The van der Waals surface area contributed by atoms with Crippen LogP contribution < -0.4 is 10.1 Å². The van der Waals surface area contributed by atoms with Crippen molar-refractivity contribution in [1.29, 1.82) is 0 Å². The Morgan fingerprint density at radius 1 is 1.24 bits per heavy atom. The fourth-order valence-electron chi connectivity index (χ4n) is 1.70. The van der Waals surface area contributed by atoms with E-state index in [1.165, 1.54) is 5.56 Å². The quantitative estimate of drug-likeness (QED) is 0.768. The van der Waals surface area contributed by atoms with Gasteiger partial charge < -0.3 is 10.1 Å². The largest absolute Gasteiger partial charge is 0.485 e. The molecule has 2 rings (SSSR count). The van der Waals surface area contributed by atoms with Gasteiger partial charge in [0.15, 0.2) is 0 Å². The molecule has 0 aliphatic carbocycles. The highest BCUT2D eigenvalue weighted by Crippen LogP contribution is 2.35. The van der Waals surface area contributed by atoms with Crippen LogP contribution in [0.3, 0.4) is 0 Å². The van der Waals surface area contributed by atoms with Crippen LogP contribution >= 0.6 is 31.9 Å². The van der Waals surface area contributed by atoms with E-state index in [0.717, 1.165) is 26.9 Å². The van der Waals surface area contributed by atoms with Gasteiger partial charge in [0.25, 0.3) is 0 Å². The first-order valence-electron chi connectivity index (χ1n) is 6.59. The number of aryl methyl sites for hydroxylation is 1. The lowest BCUT2D eigenvalue weighted by Gasteiger charge is -2.13. The predicted octanol–water partition coefficient (Wildman–Crippen LogP) is 3.98. The normalized spacial score (nSPS) is 11.1. The molecule has 0 fully saturated rings. The second-order valence-corrected chi connectivity index (χ2v) is 6.72. The van der Waals surface area contributed by atoms with E-state index >= 15 is 0 Å². The minimum absolute atomic E-state index is 0.316. The van der Waals surface area contributed by atoms with Crippen LogP contribution in [0.1, 0.15) is 30.8 Å². The van der Waals surface area contributed by atoms with Crippen LogP contribution in [0.4, 0.5) is 0 Å². The summed E-state index contributed by atoms with van der Waals surface area (Å²) >= 11 is 7.09. The van der Waals surface area contributed by atoms with Crippen LogP contribution in [0, 0.1) is 6.92 Å². The third-order valence-corrected chi connectivity index (χ3v) is 4.05. The molecule has 0 aliphatic heterocycles. The van der Waals surface area contributed by atoms with Crippen molar-refractivity contribution in [2.75, 3.05) is 0 Å². The highest BCUT2D eigenvalue weighted by molar-refractivity contribution is 9.11. The predicted molar refractivity (Wildman–Crippen MR) is 87.2 cm³/mol. The van der Waals surface area contributed by atoms with Crippen LogP contribution in [-0.4, -0.2) is 16.4 Å². The highest BCUT2D eigenvalue weighted by atomic mass is 79.9. The van der Waals surface area contributed by atoms with Gasteiger partial charge in [-0.25, -0.2) is 4.63 Å². The molecule has 0 amide bonds. The van der Waals surface area contributed by atoms with Crippen molar-refractivity contribution in [2.24, 2.45) is 0 Å². The number of nitrogens with one attached hydrogen (secondary N) is 1. The molecule has 0 radical (unpaired) electrons. The molecule has 114 valence electrons. The average molecular weight is 419 g/mol. The molecule has 21 heavy (non-hydrogen) atoms. The molecule has 0 atom stereocenters. The minimum Gasteiger partial charge on any atom is -0.485 e. The van der Waals surface area contributed by atoms with Gasteiger partial charge >= 0.3 is 0 Å². The van der Waals surface area contributed by atoms with Gasteiger partial charge in [0.05, 0.1) is 8.95 Å². The molecule has 1 aromatic carbocycles. The maximum Gasteiger partial charge on any atom is 0.148 e. The number of ether oxygens (including phenoxy) is 1. The van der Waals surface area contributed by atoms with E-state index < -0.39 is 0 Å². The Bertz CT molecular complexity index is 591. The third-order valence-electron chi connectivity index (χ3n) is 2.87. The van der Waals surface area contributed by atoms with E-state index in [1.807, 2.05) is 19.1 Å². The van der Waals surface area contributed by atoms with E-state index in [1.54, 1.807) is 0 Å². The smallest absolute Gasteiger partial charge is 0.148 e. The summed E-state index contributed by atoms with van der Waals surface area (Å²) in [7, 11) is 0. The minimum atomic E-state index is 0.316. The molecule has 0 aliphatic rings. The number of hydrogen-bond donors (Lipinski definition) is 1. The number of nitrogens with zero attached hydrogens (tertiary/aromatic N) is 2. The van der Waals surface area contributed by atoms with Crippen molar-refractivity contribution >= 4 is 31.9 Å². The summed E-state index contributed by atoms with van der Waals surface area (Å²) < 4.78 is 12.2. The molecule has 1 N–H and O–H groups in total. The first-order valence-corrected chi connectivity index (χ1v) is 8.18. The molecule has 0 spiro atoms. The van der Waals surface area contributed by atoms with Gasteiger partial charge in [-0.05, 0) is 56.5 Å². The topological polar surface area (TPSA) is 60.2 Å². The Morgan fingerprint density at radius 3 is 2.43 bits per heavy atom. The average Bonchev–Trinajstić information content (AvgIpc) is 2.81. The van der Waals surface area contributed by atoms with E-state index in [4.69, 9.17) is 4.74 Å². The second kappa shape index (κ2) is 7.38. The Kier molecular flexibility index (Phi) is 5.78. The number of benzene rings is 1. The summed E-state index contributed by atoms with van der Waals surface area (Å²) in [5.41, 5.74) is 2.61. The van der Waals surface area contributed by atoms with Crippen LogP contribution in [0.2, 0.25) is 0 Å². The van der Waals surface area contributed by atoms with Gasteiger partial charge in [0, 0.05) is 12.6 Å². The molecule has 5 nitrogen and oxygen atoms in total. The first-order chi connectivity index (χ1) is 9.97. The van der Waals surface area contributed by atoms with E-state index in [9.17, 15) is 0 Å². The zero-order valence-electron chi connectivity index (χ0n) is 12.1. The molecule has 0 bridgehead atoms. The summed E-state index contributed by atoms with van der Waals surface area (Å²) in [5, 5.41) is 10.9. The summed E-state index contributed by atoms with van der Waals surface area (Å²) in [5.74, 6) is 0.741. The molecule has 0 saturated heterocycles. The molecule has 1 aromatic heterocycles. The summed E-state index contributed by atoms with van der Waals surface area (Å²) in [6.45, 7) is 7.20. The molecular formula is C14H17Br2N3O2. The standard InChI is InChI=1S/C14H17Br2N3O2/c1-8(2)17-6-10-4-11(15)14(12(16)5-10)20-7-13-9(3)18-21-19-13/h4-5,8,17H,6-7H2,1-3H3. The van der Waals surface area contributed by atoms with Crippen molar-refractivity contribution in [3.8, 4) is 5.75 Å². The second-order valence-electron chi connectivity index (χ2n) is 5.01. The Balaban J connectivity index is 2.08. The number of aromatic nitrogens is 2. The van der Waals surface area contributed by atoms with Crippen molar-refractivity contribution in [3.05, 3.63) is 38.0 Å². The lowest BCUT2D eigenvalue weighted by molar-refractivity contribution is 0.268. The Labute approximate surface area is 140 Å². The van der Waals surface area contributed by atoms with Crippen molar-refractivity contribution < 1.29 is 9.37 Å². The first kappa shape index (κ1) is 16.5. The van der Waals surface area contributed by atoms with E-state index in [2.05, 4.69) is 66.0 Å². The fraction of sp³-hybridized carbons (Fsp3) is 0.429. The molecule has 7 heteroatoms. The number of hydrogen-bond acceptors (Lipinski definition) is 5. The van der Waals surface area contributed by atoms with E-state index in [0.29, 0.717) is 18.3 Å². The molecular weight excluding hydrogens is 402 g/mol. The van der Waals surface area contributed by atoms with Crippen LogP contribution in [0.15, 0.2) is 25.7 Å². The number of rotatable bonds is 6. The molecule has 1 heterocycles. The molecule has 0 unspecified atom stereocenters. The van der Waals surface area contributed by atoms with Gasteiger partial charge in [-0.3, -0.25) is 0 Å². The lowest BCUT2D eigenvalue weighted by atomic mass is 10.2. The zero-order chi connectivity index (χ0) is 15.4. The van der Waals surface area contributed by atoms with Crippen LogP contribution in [0.5, 0.6) is 5.75 Å². The maximum atomic E-state index is 5.80. The van der Waals surface area contributed by atoms with Crippen LogP contribution in [0.25, 0.3) is 0 Å². The van der Waals surface area contributed by atoms with Crippen molar-refractivity contribution in [3.63, 3.8) is 0 Å². The monoisotopic (exact) mass is 417 g/mol. The lowest BCUT2D eigenvalue weighted by Crippen LogP contribution is -2.21. The molecule has 2 aromatic rings. The van der Waals surface area contributed by atoms with Gasteiger partial charge in [0.2, 0.25) is 0 Å². The Hall–Kier alpha value is -0.920. The third kappa shape index (κ3) is 4.52. The summed E-state index contributed by atoms with van der Waals surface area (Å²) in [4.78, 5) is 0. The zero-order valence-corrected chi connectivity index (χ0v) is 15.3. The summed E-state index contributed by atoms with van der Waals surface area (Å²) in [6.07, 6.45) is 0. The Morgan fingerprint density at radius 2 is 1.90 bits per heavy atom. The number of halogens is 2. The maximum absolute atomic E-state index is 5.80. The van der Waals surface area contributed by atoms with Gasteiger partial charge in [-0.1, -0.05) is 24.2 Å². The SMILES string of the molecule is Cc1nonc1COc1c(Br)cc(CNC(C)C)cc1Br. The fourth-order valence-corrected chi connectivity index (χ4v) is 3.21. The summed E-state index contributed by atoms with van der Waals surface area (Å²) in [6, 6.07) is 4.54. The van der Waals surface area contributed by atoms with Crippen LogP contribution in [-0.2, 0) is 13.2 Å². The van der Waals surface area contributed by atoms with Gasteiger partial charge in [0.1, 0.15) is 23.7 Å².